The molecule has 0 aliphatic carbocycles. The van der Waals surface area contributed by atoms with Crippen molar-refractivity contribution >= 4 is 23.6 Å². The third-order valence-corrected chi connectivity index (χ3v) is 8.08. The van der Waals surface area contributed by atoms with Crippen molar-refractivity contribution in [2.24, 2.45) is 5.92 Å². The van der Waals surface area contributed by atoms with Crippen LogP contribution in [0.1, 0.15) is 51.0 Å². The molecule has 0 radical (unpaired) electrons. The van der Waals surface area contributed by atoms with Gasteiger partial charge in [0.25, 0.3) is 0 Å². The Morgan fingerprint density at radius 1 is 1.00 bits per heavy atom. The Hall–Kier alpha value is -4.78. The maximum absolute atomic E-state index is 13.8. The van der Waals surface area contributed by atoms with Crippen molar-refractivity contribution in [2.45, 2.75) is 70.7 Å². The van der Waals surface area contributed by atoms with Crippen LogP contribution in [0.2, 0.25) is 0 Å². The monoisotopic (exact) mass is 630 g/mol. The van der Waals surface area contributed by atoms with E-state index in [1.165, 1.54) is 4.68 Å². The number of benzene rings is 2. The Bertz CT molecular complexity index is 1520. The van der Waals surface area contributed by atoms with Gasteiger partial charge in [-0.15, -0.1) is 0 Å². The Balaban J connectivity index is 1.43. The molecule has 1 aromatic heterocycles. The van der Waals surface area contributed by atoms with Gasteiger partial charge >= 0.3 is 0 Å². The van der Waals surface area contributed by atoms with Crippen LogP contribution in [0.4, 0.5) is 0 Å². The van der Waals surface area contributed by atoms with E-state index in [0.29, 0.717) is 23.8 Å². The first-order valence-electron chi connectivity index (χ1n) is 15.8. The number of hydrogen-bond acceptors (Lipinski definition) is 8. The largest absolute Gasteiger partial charge is 0.492 e. The van der Waals surface area contributed by atoms with Crippen molar-refractivity contribution in [3.8, 4) is 17.1 Å². The van der Waals surface area contributed by atoms with Gasteiger partial charge in [-0.2, -0.15) is 5.10 Å². The van der Waals surface area contributed by atoms with Crippen LogP contribution in [0.15, 0.2) is 54.6 Å². The fraction of sp³-hybridized carbons (Fsp3) is 0.455. The van der Waals surface area contributed by atoms with Crippen LogP contribution >= 0.6 is 0 Å². The second kappa shape index (κ2) is 15.0. The van der Waals surface area contributed by atoms with Crippen LogP contribution in [0.3, 0.4) is 0 Å². The van der Waals surface area contributed by atoms with E-state index in [9.17, 15) is 19.2 Å². The summed E-state index contributed by atoms with van der Waals surface area (Å²) in [5.41, 5.74) is 1.57. The van der Waals surface area contributed by atoms with Crippen molar-refractivity contribution < 1.29 is 23.9 Å². The number of nitrogens with one attached hydrogen (secondary N) is 5. The zero-order valence-corrected chi connectivity index (χ0v) is 26.4. The molecule has 6 rings (SSSR count). The second-order valence-electron chi connectivity index (χ2n) is 12.0. The Labute approximate surface area is 268 Å². The molecule has 46 heavy (non-hydrogen) atoms. The molecule has 4 atom stereocenters. The number of carbonyl (C=O) groups is 4. The van der Waals surface area contributed by atoms with E-state index >= 15 is 0 Å². The summed E-state index contributed by atoms with van der Waals surface area (Å²) in [7, 11) is 0. The molecule has 0 unspecified atom stereocenters. The highest BCUT2D eigenvalue weighted by atomic mass is 16.5. The fourth-order valence-electron chi connectivity index (χ4n) is 5.56. The lowest BCUT2D eigenvalue weighted by Crippen LogP contribution is -2.57. The standard InChI is InChI=1S/C33H42N8O5/c1-20(2)28-33(45)36-21(3)30-39-29(23-8-5-4-6-9-23)40-41(30)19-27(42)35-16-17-46-24-13-11-22(12-14-24)18-26(32(44)38-28)37-31(43)25-10-7-15-34-25/h4-6,8-9,11-14,20-21,25-26,28,34H,7,10,15-19H2,1-3H3,(H,35,42)(H,36,45)(H,37,43)(H,38,44)/t21-,25+,26-,28+/m0/s1. The number of fused-ring (bicyclic) bond motifs is 14. The summed E-state index contributed by atoms with van der Waals surface area (Å²) in [6, 6.07) is 13.7. The van der Waals surface area contributed by atoms with Gasteiger partial charge in [0.15, 0.2) is 5.82 Å². The maximum Gasteiger partial charge on any atom is 0.243 e. The first-order valence-corrected chi connectivity index (χ1v) is 15.8. The molecule has 1 saturated heterocycles. The third kappa shape index (κ3) is 8.27. The highest BCUT2D eigenvalue weighted by Crippen LogP contribution is 2.20. The molecule has 3 aliphatic rings. The summed E-state index contributed by atoms with van der Waals surface area (Å²) < 4.78 is 7.29. The molecule has 244 valence electrons. The molecule has 2 aromatic carbocycles. The topological polar surface area (TPSA) is 168 Å². The number of carbonyl (C=O) groups excluding carboxylic acids is 4. The van der Waals surface area contributed by atoms with Crippen LogP contribution < -0.4 is 31.3 Å². The van der Waals surface area contributed by atoms with Crippen LogP contribution in [-0.2, 0) is 32.1 Å². The SMILES string of the molecule is CC(C)[C@H]1NC(=O)[C@@H](NC(=O)[C@H]2CCCN2)Cc2ccc(cc2)OCCNC(=O)Cn2nc(-c3ccccc3)nc2[C@H](C)NC1=O. The summed E-state index contributed by atoms with van der Waals surface area (Å²) >= 11 is 0. The first kappa shape index (κ1) is 32.6. The lowest BCUT2D eigenvalue weighted by Gasteiger charge is -2.27. The summed E-state index contributed by atoms with van der Waals surface area (Å²) in [5.74, 6) is -0.295. The van der Waals surface area contributed by atoms with Crippen molar-refractivity contribution in [1.29, 1.82) is 0 Å². The highest BCUT2D eigenvalue weighted by Gasteiger charge is 2.32. The second-order valence-corrected chi connectivity index (χ2v) is 12.0. The van der Waals surface area contributed by atoms with Crippen LogP contribution in [0.5, 0.6) is 5.75 Å². The normalized spacial score (nSPS) is 23.1. The number of ether oxygens (including phenoxy) is 1. The zero-order chi connectivity index (χ0) is 32.6. The lowest BCUT2D eigenvalue weighted by atomic mass is 10.00. The predicted molar refractivity (Wildman–Crippen MR) is 170 cm³/mol. The molecular formula is C33H42N8O5. The van der Waals surface area contributed by atoms with Crippen molar-refractivity contribution in [3.05, 3.63) is 66.0 Å². The molecule has 3 aromatic rings. The van der Waals surface area contributed by atoms with Crippen LogP contribution in [0, 0.1) is 5.92 Å². The van der Waals surface area contributed by atoms with E-state index in [2.05, 4.69) is 36.7 Å². The minimum Gasteiger partial charge on any atom is -0.492 e. The molecule has 2 bridgehead atoms. The van der Waals surface area contributed by atoms with Gasteiger partial charge in [-0.3, -0.25) is 19.2 Å². The van der Waals surface area contributed by atoms with Gasteiger partial charge < -0.3 is 31.3 Å². The molecule has 0 saturated carbocycles. The molecule has 13 heteroatoms. The van der Waals surface area contributed by atoms with Crippen molar-refractivity contribution in [2.75, 3.05) is 19.7 Å². The fourth-order valence-corrected chi connectivity index (χ4v) is 5.56. The smallest absolute Gasteiger partial charge is 0.243 e. The maximum atomic E-state index is 13.8. The van der Waals surface area contributed by atoms with Gasteiger partial charge in [0.05, 0.1) is 18.6 Å². The zero-order valence-electron chi connectivity index (χ0n) is 26.4. The summed E-state index contributed by atoms with van der Waals surface area (Å²) in [6.07, 6.45) is 1.79. The molecule has 0 spiro atoms. The van der Waals surface area contributed by atoms with Crippen LogP contribution in [-0.4, -0.2) is 76.2 Å². The van der Waals surface area contributed by atoms with Gasteiger partial charge in [-0.05, 0) is 49.9 Å². The van der Waals surface area contributed by atoms with Crippen molar-refractivity contribution in [3.63, 3.8) is 0 Å². The van der Waals surface area contributed by atoms with Gasteiger partial charge in [0.1, 0.15) is 36.8 Å². The molecule has 4 amide bonds. The average molecular weight is 631 g/mol. The number of amides is 4. The Kier molecular flexibility index (Phi) is 10.6. The molecule has 1 fully saturated rings. The van der Waals surface area contributed by atoms with Crippen LogP contribution in [0.25, 0.3) is 11.4 Å². The van der Waals surface area contributed by atoms with Gasteiger partial charge in [0, 0.05) is 12.0 Å². The van der Waals surface area contributed by atoms with E-state index < -0.39 is 29.9 Å². The molecule has 3 aliphatic heterocycles. The van der Waals surface area contributed by atoms with E-state index in [4.69, 9.17) is 4.74 Å². The van der Waals surface area contributed by atoms with E-state index in [0.717, 1.165) is 24.1 Å². The first-order chi connectivity index (χ1) is 22.2. The minimum atomic E-state index is -0.912. The number of hydrogen-bond donors (Lipinski definition) is 5. The quantitative estimate of drug-likeness (QED) is 0.287. The summed E-state index contributed by atoms with van der Waals surface area (Å²) in [6.45, 7) is 6.56. The van der Waals surface area contributed by atoms with E-state index in [1.54, 1.807) is 19.1 Å². The van der Waals surface area contributed by atoms with Gasteiger partial charge in [-0.25, -0.2) is 9.67 Å². The third-order valence-electron chi connectivity index (χ3n) is 8.08. The Morgan fingerprint density at radius 3 is 2.46 bits per heavy atom. The van der Waals surface area contributed by atoms with Crippen molar-refractivity contribution in [1.82, 2.24) is 41.3 Å². The Morgan fingerprint density at radius 2 is 1.76 bits per heavy atom. The molecular weight excluding hydrogens is 588 g/mol. The minimum absolute atomic E-state index is 0.119. The average Bonchev–Trinajstić information content (AvgIpc) is 3.73. The molecule has 13 nitrogen and oxygen atoms in total. The number of rotatable bonds is 4. The lowest BCUT2D eigenvalue weighted by molar-refractivity contribution is -0.133. The number of nitrogens with zero attached hydrogens (tertiary/aromatic N) is 3. The molecule has 4 heterocycles. The van der Waals surface area contributed by atoms with Gasteiger partial charge in [0.2, 0.25) is 23.6 Å². The summed E-state index contributed by atoms with van der Waals surface area (Å²) in [5, 5.41) is 19.4. The highest BCUT2D eigenvalue weighted by molar-refractivity contribution is 5.93. The number of aromatic nitrogens is 3. The van der Waals surface area contributed by atoms with E-state index in [-0.39, 0.29) is 49.9 Å². The molecule has 5 N–H and O–H groups in total. The summed E-state index contributed by atoms with van der Waals surface area (Å²) in [4.78, 5) is 58.1. The van der Waals surface area contributed by atoms with Gasteiger partial charge in [-0.1, -0.05) is 56.3 Å². The predicted octanol–water partition coefficient (Wildman–Crippen LogP) is 1.25. The van der Waals surface area contributed by atoms with E-state index in [1.807, 2.05) is 56.3 Å².